The predicted octanol–water partition coefficient (Wildman–Crippen LogP) is 1.94. The van der Waals surface area contributed by atoms with E-state index in [2.05, 4.69) is 15.0 Å². The molecule has 1 rings (SSSR count). The number of ether oxygens (including phenoxy) is 2. The lowest BCUT2D eigenvalue weighted by molar-refractivity contribution is -0.135. The van der Waals surface area contributed by atoms with Gasteiger partial charge in [-0.25, -0.2) is 14.6 Å². The molecule has 1 aliphatic rings. The number of hydrogen-bond donors (Lipinski definition) is 2. The van der Waals surface area contributed by atoms with Crippen molar-refractivity contribution >= 4 is 18.0 Å². The molecule has 0 unspecified atom stereocenters. The number of nitrogens with two attached hydrogens (primary N) is 1. The van der Waals surface area contributed by atoms with Gasteiger partial charge in [0.25, 0.3) is 0 Å². The minimum Gasteiger partial charge on any atom is -0.465 e. The normalized spacial score (nSPS) is 15.0. The number of guanidine groups is 1. The van der Waals surface area contributed by atoms with E-state index >= 15 is 0 Å². The Hall–Kier alpha value is -2.83. The number of carbonyl (C=O) groups excluding carboxylic acids is 2. The maximum atomic E-state index is 11.6. The highest BCUT2D eigenvalue weighted by molar-refractivity contribution is 5.94. The molecule has 1 aliphatic carbocycles. The molecule has 0 aliphatic heterocycles. The van der Waals surface area contributed by atoms with E-state index in [4.69, 9.17) is 10.5 Å². The van der Waals surface area contributed by atoms with E-state index in [1.807, 2.05) is 0 Å². The fourth-order valence-corrected chi connectivity index (χ4v) is 1.52. The zero-order valence-corrected chi connectivity index (χ0v) is 13.6. The maximum absolute atomic E-state index is 11.6. The summed E-state index contributed by atoms with van der Waals surface area (Å²) in [6.45, 7) is 5.24. The number of esters is 1. The molecule has 0 aromatic rings. The van der Waals surface area contributed by atoms with Crippen LogP contribution in [0.1, 0.15) is 20.8 Å². The van der Waals surface area contributed by atoms with Crippen molar-refractivity contribution in [2.24, 2.45) is 10.7 Å². The van der Waals surface area contributed by atoms with Gasteiger partial charge in [0.2, 0.25) is 5.96 Å². The minimum atomic E-state index is -0.683. The van der Waals surface area contributed by atoms with Gasteiger partial charge in [-0.1, -0.05) is 12.2 Å². The third-order valence-electron chi connectivity index (χ3n) is 2.39. The zero-order chi connectivity index (χ0) is 17.5. The SMILES string of the molecule is COC(=O)C1=CC=CC(N=C(N)NC(=O)OC(C)(C)C)=CC=C1. The van der Waals surface area contributed by atoms with Crippen molar-refractivity contribution in [1.29, 1.82) is 0 Å². The molecule has 7 nitrogen and oxygen atoms in total. The van der Waals surface area contributed by atoms with Gasteiger partial charge in [-0.15, -0.1) is 0 Å². The summed E-state index contributed by atoms with van der Waals surface area (Å²) in [5.41, 5.74) is 5.94. The first-order chi connectivity index (χ1) is 10.7. The summed E-state index contributed by atoms with van der Waals surface area (Å²) in [6.07, 6.45) is 9.02. The highest BCUT2D eigenvalue weighted by Crippen LogP contribution is 2.09. The first-order valence-electron chi connectivity index (χ1n) is 6.90. The Kier molecular flexibility index (Phi) is 6.32. The smallest absolute Gasteiger partial charge is 0.414 e. The molecule has 0 spiro atoms. The topological polar surface area (TPSA) is 103 Å². The van der Waals surface area contributed by atoms with Gasteiger partial charge in [-0.05, 0) is 45.1 Å². The molecule has 0 aromatic carbocycles. The first kappa shape index (κ1) is 18.2. The van der Waals surface area contributed by atoms with E-state index in [1.165, 1.54) is 7.11 Å². The van der Waals surface area contributed by atoms with Crippen LogP contribution < -0.4 is 11.1 Å². The monoisotopic (exact) mass is 319 g/mol. The number of amides is 1. The van der Waals surface area contributed by atoms with Gasteiger partial charge < -0.3 is 15.2 Å². The number of hydrogen-bond acceptors (Lipinski definition) is 5. The lowest BCUT2D eigenvalue weighted by Crippen LogP contribution is -2.40. The van der Waals surface area contributed by atoms with Crippen LogP contribution >= 0.6 is 0 Å². The predicted molar refractivity (Wildman–Crippen MR) is 87.5 cm³/mol. The van der Waals surface area contributed by atoms with Crippen molar-refractivity contribution in [3.05, 3.63) is 47.7 Å². The largest absolute Gasteiger partial charge is 0.465 e. The number of rotatable bonds is 2. The van der Waals surface area contributed by atoms with Crippen LogP contribution in [0, 0.1) is 0 Å². The van der Waals surface area contributed by atoms with Crippen LogP contribution in [0.25, 0.3) is 0 Å². The number of nitrogens with one attached hydrogen (secondary N) is 1. The summed E-state index contributed by atoms with van der Waals surface area (Å²) in [4.78, 5) is 27.1. The average Bonchev–Trinajstić information content (AvgIpc) is 2.38. The number of aliphatic imine (C=N–C) groups is 1. The molecule has 0 saturated heterocycles. The van der Waals surface area contributed by atoms with Crippen LogP contribution in [-0.4, -0.2) is 30.7 Å². The second kappa shape index (κ2) is 7.98. The lowest BCUT2D eigenvalue weighted by atomic mass is 10.2. The number of carbonyl (C=O) groups is 2. The van der Waals surface area contributed by atoms with Crippen LogP contribution in [0.3, 0.4) is 0 Å². The second-order valence-electron chi connectivity index (χ2n) is 5.55. The van der Waals surface area contributed by atoms with Gasteiger partial charge in [0.1, 0.15) is 5.60 Å². The van der Waals surface area contributed by atoms with Gasteiger partial charge in [0.05, 0.1) is 18.4 Å². The highest BCUT2D eigenvalue weighted by Gasteiger charge is 2.16. The maximum Gasteiger partial charge on any atom is 0.414 e. The Morgan fingerprint density at radius 2 is 1.83 bits per heavy atom. The van der Waals surface area contributed by atoms with E-state index in [0.717, 1.165) is 0 Å². The van der Waals surface area contributed by atoms with E-state index in [0.29, 0.717) is 11.3 Å². The summed E-state index contributed by atoms with van der Waals surface area (Å²) in [6, 6.07) is 0. The molecule has 1 amide bonds. The number of allylic oxidation sites excluding steroid dienone is 5. The van der Waals surface area contributed by atoms with Gasteiger partial charge in [0, 0.05) is 0 Å². The van der Waals surface area contributed by atoms with Gasteiger partial charge >= 0.3 is 12.1 Å². The molecule has 0 heterocycles. The van der Waals surface area contributed by atoms with E-state index in [9.17, 15) is 9.59 Å². The first-order valence-corrected chi connectivity index (χ1v) is 6.90. The summed E-state index contributed by atoms with van der Waals surface area (Å²) in [5, 5.41) is 2.33. The van der Waals surface area contributed by atoms with Crippen LogP contribution in [0.5, 0.6) is 0 Å². The Balaban J connectivity index is 2.74. The lowest BCUT2D eigenvalue weighted by Gasteiger charge is -2.19. The molecule has 23 heavy (non-hydrogen) atoms. The Morgan fingerprint density at radius 1 is 1.17 bits per heavy atom. The highest BCUT2D eigenvalue weighted by atomic mass is 16.6. The standard InChI is InChI=1S/C16H21N3O4/c1-16(2,3)23-15(21)19-14(17)18-12-9-5-7-11(8-6-10-12)13(20)22-4/h5-10H,1-4H3,(H3,17,18,19,21). The molecule has 0 saturated carbocycles. The van der Waals surface area contributed by atoms with Crippen LogP contribution in [0.2, 0.25) is 0 Å². The average molecular weight is 319 g/mol. The van der Waals surface area contributed by atoms with E-state index in [-0.39, 0.29) is 5.96 Å². The molecule has 3 N–H and O–H groups in total. The molecule has 0 fully saturated rings. The molecular weight excluding hydrogens is 298 g/mol. The third kappa shape index (κ3) is 7.12. The van der Waals surface area contributed by atoms with Crippen molar-refractivity contribution in [3.63, 3.8) is 0 Å². The Morgan fingerprint density at radius 3 is 2.43 bits per heavy atom. The molecule has 0 atom stereocenters. The van der Waals surface area contributed by atoms with Gasteiger partial charge in [-0.3, -0.25) is 5.32 Å². The molecule has 0 bridgehead atoms. The fourth-order valence-electron chi connectivity index (χ4n) is 1.52. The van der Waals surface area contributed by atoms with Crippen molar-refractivity contribution in [3.8, 4) is 0 Å². The quantitative estimate of drug-likeness (QED) is 0.460. The molecule has 0 radical (unpaired) electrons. The van der Waals surface area contributed by atoms with Crippen molar-refractivity contribution in [2.75, 3.05) is 7.11 Å². The van der Waals surface area contributed by atoms with Crippen LogP contribution in [0.4, 0.5) is 4.79 Å². The fraction of sp³-hybridized carbons (Fsp3) is 0.312. The second-order valence-corrected chi connectivity index (χ2v) is 5.55. The molecule has 7 heteroatoms. The van der Waals surface area contributed by atoms with Crippen molar-refractivity contribution < 1.29 is 19.1 Å². The van der Waals surface area contributed by atoms with Crippen LogP contribution in [0.15, 0.2) is 52.7 Å². The summed E-state index contributed by atoms with van der Waals surface area (Å²) < 4.78 is 9.71. The molecular formula is C16H21N3O4. The van der Waals surface area contributed by atoms with Gasteiger partial charge in [0.15, 0.2) is 0 Å². The summed E-state index contributed by atoms with van der Waals surface area (Å²) in [5.74, 6) is -0.529. The van der Waals surface area contributed by atoms with Crippen molar-refractivity contribution in [1.82, 2.24) is 5.32 Å². The summed E-state index contributed by atoms with van der Waals surface area (Å²) in [7, 11) is 1.31. The Labute approximate surface area is 135 Å². The minimum absolute atomic E-state index is 0.0960. The number of nitrogens with zero attached hydrogens (tertiary/aromatic N) is 1. The Bertz CT molecular complexity index is 620. The van der Waals surface area contributed by atoms with E-state index < -0.39 is 17.7 Å². The number of alkyl carbamates (subject to hydrolysis) is 1. The van der Waals surface area contributed by atoms with Crippen LogP contribution in [-0.2, 0) is 14.3 Å². The van der Waals surface area contributed by atoms with Crippen molar-refractivity contribution in [2.45, 2.75) is 26.4 Å². The molecule has 124 valence electrons. The third-order valence-corrected chi connectivity index (χ3v) is 2.39. The van der Waals surface area contributed by atoms with Gasteiger partial charge in [-0.2, -0.15) is 0 Å². The number of methoxy groups -OCH3 is 1. The zero-order valence-electron chi connectivity index (χ0n) is 13.6. The van der Waals surface area contributed by atoms with E-state index in [1.54, 1.807) is 57.2 Å². The summed E-state index contributed by atoms with van der Waals surface area (Å²) >= 11 is 0. The molecule has 0 aromatic heterocycles.